The Bertz CT molecular complexity index is 962. The molecule has 30 heavy (non-hydrogen) atoms. The first-order valence-electron chi connectivity index (χ1n) is 10.0. The quantitative estimate of drug-likeness (QED) is 0.535. The summed E-state index contributed by atoms with van der Waals surface area (Å²) in [5.74, 6) is 0.635. The van der Waals surface area contributed by atoms with Gasteiger partial charge in [0.15, 0.2) is 0 Å². The Hall–Kier alpha value is -2.54. The minimum atomic E-state index is -3.76. The third-order valence-electron chi connectivity index (χ3n) is 5.21. The first kappa shape index (κ1) is 23.7. The Kier molecular flexibility index (Phi) is 7.18. The van der Waals surface area contributed by atoms with Gasteiger partial charge in [0.25, 0.3) is 5.91 Å². The molecule has 0 bridgehead atoms. The van der Waals surface area contributed by atoms with E-state index in [2.05, 4.69) is 12.2 Å². The van der Waals surface area contributed by atoms with Crippen LogP contribution in [0.3, 0.4) is 0 Å². The van der Waals surface area contributed by atoms with Crippen molar-refractivity contribution in [1.82, 2.24) is 0 Å². The summed E-state index contributed by atoms with van der Waals surface area (Å²) in [6, 6.07) is 13.2. The number of ether oxygens (including phenoxy) is 1. The molecule has 6 nitrogen and oxygen atoms in total. The number of hydrogen-bond acceptors (Lipinski definition) is 5. The van der Waals surface area contributed by atoms with Crippen LogP contribution in [0.15, 0.2) is 48.5 Å². The Labute approximate surface area is 179 Å². The summed E-state index contributed by atoms with van der Waals surface area (Å²) in [5.41, 5.74) is 0.754. The van der Waals surface area contributed by atoms with Crippen LogP contribution in [-0.4, -0.2) is 24.7 Å². The van der Waals surface area contributed by atoms with Crippen molar-refractivity contribution in [2.24, 2.45) is 0 Å². The lowest BCUT2D eigenvalue weighted by molar-refractivity contribution is 0.102. The predicted octanol–water partition coefficient (Wildman–Crippen LogP) is 5.40. The van der Waals surface area contributed by atoms with Gasteiger partial charge in [-0.2, -0.15) is 8.42 Å². The third-order valence-corrected chi connectivity index (χ3v) is 7.26. The normalized spacial score (nSPS) is 12.3. The van der Waals surface area contributed by atoms with Crippen molar-refractivity contribution in [3.63, 3.8) is 0 Å². The minimum Gasteiger partial charge on any atom is -0.488 e. The van der Waals surface area contributed by atoms with Crippen LogP contribution >= 0.6 is 0 Å². The average molecular weight is 434 g/mol. The number of anilines is 1. The number of nitrogens with one attached hydrogen (secondary N) is 1. The fourth-order valence-corrected chi connectivity index (χ4v) is 3.22. The SMILES string of the molecule is CCC(C)(C)Oc1ccc(C(=O)Nc2ccc(OS(=O)(=O)C(C)(C)CC)cc2)cc1. The van der Waals surface area contributed by atoms with Crippen LogP contribution in [0, 0.1) is 0 Å². The molecule has 0 saturated heterocycles. The predicted molar refractivity (Wildman–Crippen MR) is 120 cm³/mol. The highest BCUT2D eigenvalue weighted by Crippen LogP contribution is 2.26. The van der Waals surface area contributed by atoms with E-state index in [-0.39, 0.29) is 17.3 Å². The summed E-state index contributed by atoms with van der Waals surface area (Å²) in [4.78, 5) is 12.5. The van der Waals surface area contributed by atoms with E-state index in [0.29, 0.717) is 23.4 Å². The Morgan fingerprint density at radius 1 is 0.867 bits per heavy atom. The zero-order valence-corrected chi connectivity index (χ0v) is 19.3. The number of benzene rings is 2. The molecular formula is C23H31NO5S. The van der Waals surface area contributed by atoms with Crippen LogP contribution < -0.4 is 14.2 Å². The van der Waals surface area contributed by atoms with Gasteiger partial charge in [-0.15, -0.1) is 0 Å². The van der Waals surface area contributed by atoms with Crippen molar-refractivity contribution >= 4 is 21.7 Å². The molecule has 1 amide bonds. The molecule has 2 aromatic rings. The fourth-order valence-electron chi connectivity index (χ4n) is 2.28. The molecule has 0 atom stereocenters. The molecule has 0 aromatic heterocycles. The van der Waals surface area contributed by atoms with Gasteiger partial charge >= 0.3 is 10.1 Å². The van der Waals surface area contributed by atoms with Crippen molar-refractivity contribution in [3.8, 4) is 11.5 Å². The van der Waals surface area contributed by atoms with Crippen molar-refractivity contribution in [3.05, 3.63) is 54.1 Å². The van der Waals surface area contributed by atoms with Gasteiger partial charge in [0.05, 0.1) is 0 Å². The molecule has 0 spiro atoms. The molecule has 0 unspecified atom stereocenters. The maximum Gasteiger partial charge on any atom is 0.314 e. The van der Waals surface area contributed by atoms with Crippen molar-refractivity contribution in [2.75, 3.05) is 5.32 Å². The number of hydrogen-bond donors (Lipinski definition) is 1. The third kappa shape index (κ3) is 5.98. The lowest BCUT2D eigenvalue weighted by Gasteiger charge is -2.24. The van der Waals surface area contributed by atoms with Gasteiger partial charge < -0.3 is 14.2 Å². The molecule has 0 aliphatic rings. The van der Waals surface area contributed by atoms with Gasteiger partial charge in [0, 0.05) is 11.3 Å². The van der Waals surface area contributed by atoms with Gasteiger partial charge in [-0.1, -0.05) is 13.8 Å². The zero-order valence-electron chi connectivity index (χ0n) is 18.5. The van der Waals surface area contributed by atoms with E-state index >= 15 is 0 Å². The Balaban J connectivity index is 2.03. The van der Waals surface area contributed by atoms with Crippen LogP contribution in [0.1, 0.15) is 64.7 Å². The summed E-state index contributed by atoms with van der Waals surface area (Å²) in [6.07, 6.45) is 1.30. The lowest BCUT2D eigenvalue weighted by Crippen LogP contribution is -2.34. The summed E-state index contributed by atoms with van der Waals surface area (Å²) in [7, 11) is -3.76. The average Bonchev–Trinajstić information content (AvgIpc) is 2.69. The largest absolute Gasteiger partial charge is 0.488 e. The van der Waals surface area contributed by atoms with Crippen molar-refractivity contribution in [2.45, 2.75) is 64.7 Å². The highest BCUT2D eigenvalue weighted by molar-refractivity contribution is 7.88. The van der Waals surface area contributed by atoms with Gasteiger partial charge in [-0.25, -0.2) is 0 Å². The molecule has 0 aliphatic carbocycles. The number of amides is 1. The van der Waals surface area contributed by atoms with Gasteiger partial charge in [-0.3, -0.25) is 4.79 Å². The molecule has 0 saturated carbocycles. The molecule has 7 heteroatoms. The molecule has 1 N–H and O–H groups in total. The van der Waals surface area contributed by atoms with E-state index < -0.39 is 14.9 Å². The molecule has 0 heterocycles. The van der Waals surface area contributed by atoms with Crippen molar-refractivity contribution in [1.29, 1.82) is 0 Å². The smallest absolute Gasteiger partial charge is 0.314 e. The first-order valence-corrected chi connectivity index (χ1v) is 11.4. The minimum absolute atomic E-state index is 0.203. The van der Waals surface area contributed by atoms with Crippen LogP contribution in [-0.2, 0) is 10.1 Å². The van der Waals surface area contributed by atoms with Gasteiger partial charge in [0.1, 0.15) is 21.8 Å². The van der Waals surface area contributed by atoms with E-state index in [4.69, 9.17) is 8.92 Å². The lowest BCUT2D eigenvalue weighted by atomic mass is 10.1. The highest BCUT2D eigenvalue weighted by atomic mass is 32.2. The molecule has 2 rings (SSSR count). The van der Waals surface area contributed by atoms with E-state index in [0.717, 1.165) is 6.42 Å². The molecule has 0 radical (unpaired) electrons. The topological polar surface area (TPSA) is 81.7 Å². The monoisotopic (exact) mass is 433 g/mol. The second-order valence-corrected chi connectivity index (χ2v) is 10.5. The second kappa shape index (κ2) is 9.08. The Morgan fingerprint density at radius 3 is 1.90 bits per heavy atom. The van der Waals surface area contributed by atoms with Crippen LogP contribution in [0.2, 0.25) is 0 Å². The van der Waals surface area contributed by atoms with E-state index in [1.165, 1.54) is 12.1 Å². The number of carbonyl (C=O) groups is 1. The number of carbonyl (C=O) groups excluding carboxylic acids is 1. The van der Waals surface area contributed by atoms with Gasteiger partial charge in [0.2, 0.25) is 0 Å². The summed E-state index contributed by atoms with van der Waals surface area (Å²) >= 11 is 0. The van der Waals surface area contributed by atoms with Crippen LogP contribution in [0.4, 0.5) is 5.69 Å². The molecule has 0 fully saturated rings. The maximum atomic E-state index is 12.5. The summed E-state index contributed by atoms with van der Waals surface area (Å²) in [6.45, 7) is 11.1. The van der Waals surface area contributed by atoms with Crippen LogP contribution in [0.25, 0.3) is 0 Å². The van der Waals surface area contributed by atoms with Crippen molar-refractivity contribution < 1.29 is 22.1 Å². The number of rotatable bonds is 9. The standard InChI is InChI=1S/C23H31NO5S/c1-7-22(3,4)28-19-13-9-17(10-14-19)21(25)24-18-11-15-20(16-12-18)29-30(26,27)23(5,6)8-2/h9-16H,7-8H2,1-6H3,(H,24,25). The summed E-state index contributed by atoms with van der Waals surface area (Å²) in [5, 5.41) is 2.78. The molecular weight excluding hydrogens is 402 g/mol. The summed E-state index contributed by atoms with van der Waals surface area (Å²) < 4.78 is 34.8. The fraction of sp³-hybridized carbons (Fsp3) is 0.435. The first-order chi connectivity index (χ1) is 13.9. The van der Waals surface area contributed by atoms with Crippen LogP contribution in [0.5, 0.6) is 11.5 Å². The van der Waals surface area contributed by atoms with E-state index in [1.54, 1.807) is 57.2 Å². The molecule has 2 aromatic carbocycles. The van der Waals surface area contributed by atoms with E-state index in [1.807, 2.05) is 13.8 Å². The maximum absolute atomic E-state index is 12.5. The van der Waals surface area contributed by atoms with E-state index in [9.17, 15) is 13.2 Å². The van der Waals surface area contributed by atoms with Gasteiger partial charge in [-0.05, 0) is 89.1 Å². The zero-order chi connectivity index (χ0) is 22.6. The molecule has 0 aliphatic heterocycles. The highest BCUT2D eigenvalue weighted by Gasteiger charge is 2.34. The second-order valence-electron chi connectivity index (χ2n) is 8.37. The molecule has 164 valence electrons. The Morgan fingerprint density at radius 2 is 1.40 bits per heavy atom.